The van der Waals surface area contributed by atoms with Crippen LogP contribution in [0.15, 0.2) is 11.6 Å². The molecule has 0 saturated heterocycles. The summed E-state index contributed by atoms with van der Waals surface area (Å²) in [7, 11) is 1.81. The Morgan fingerprint density at radius 2 is 2.00 bits per heavy atom. The van der Waals surface area contributed by atoms with Crippen molar-refractivity contribution < 1.29 is 14.6 Å². The lowest BCUT2D eigenvalue weighted by molar-refractivity contribution is -0.132. The average molecular weight is 224 g/mol. The van der Waals surface area contributed by atoms with Crippen LogP contribution in [0.3, 0.4) is 0 Å². The van der Waals surface area contributed by atoms with Crippen LogP contribution < -0.4 is 0 Å². The number of hydrogen-bond donors (Lipinski definition) is 1. The van der Waals surface area contributed by atoms with E-state index in [2.05, 4.69) is 0 Å². The van der Waals surface area contributed by atoms with Crippen LogP contribution in [0.5, 0.6) is 0 Å². The zero-order valence-corrected chi connectivity index (χ0v) is 10.1. The van der Waals surface area contributed by atoms with Crippen molar-refractivity contribution in [2.45, 2.75) is 51.0 Å². The van der Waals surface area contributed by atoms with Gasteiger partial charge in [0.1, 0.15) is 0 Å². The van der Waals surface area contributed by atoms with Crippen molar-refractivity contribution in [2.75, 3.05) is 7.11 Å². The second-order valence-corrected chi connectivity index (χ2v) is 5.46. The first-order valence-electron chi connectivity index (χ1n) is 5.96. The van der Waals surface area contributed by atoms with E-state index in [1.807, 2.05) is 6.08 Å². The van der Waals surface area contributed by atoms with Crippen LogP contribution >= 0.6 is 0 Å². The van der Waals surface area contributed by atoms with Gasteiger partial charge in [-0.15, -0.1) is 0 Å². The molecule has 90 valence electrons. The minimum atomic E-state index is -0.801. The molecule has 0 atom stereocenters. The zero-order valence-electron chi connectivity index (χ0n) is 10.1. The van der Waals surface area contributed by atoms with Crippen molar-refractivity contribution >= 4 is 5.97 Å². The minimum absolute atomic E-state index is 0.116. The first-order chi connectivity index (χ1) is 7.51. The van der Waals surface area contributed by atoms with Gasteiger partial charge in [0.05, 0.1) is 5.60 Å². The third-order valence-corrected chi connectivity index (χ3v) is 4.53. The molecule has 0 aromatic carbocycles. The summed E-state index contributed by atoms with van der Waals surface area (Å²) in [5.41, 5.74) is 0.911. The van der Waals surface area contributed by atoms with E-state index >= 15 is 0 Å². The first kappa shape index (κ1) is 11.6. The molecule has 0 aromatic rings. The predicted molar refractivity (Wildman–Crippen MR) is 61.3 cm³/mol. The van der Waals surface area contributed by atoms with Gasteiger partial charge >= 0.3 is 5.97 Å². The number of fused-ring (bicyclic) bond motifs is 2. The van der Waals surface area contributed by atoms with Crippen molar-refractivity contribution in [2.24, 2.45) is 5.41 Å². The van der Waals surface area contributed by atoms with Crippen molar-refractivity contribution in [1.82, 2.24) is 0 Å². The van der Waals surface area contributed by atoms with Gasteiger partial charge in [-0.25, -0.2) is 4.79 Å². The van der Waals surface area contributed by atoms with Gasteiger partial charge < -0.3 is 9.84 Å². The number of allylic oxidation sites excluding steroid dienone is 1. The summed E-state index contributed by atoms with van der Waals surface area (Å²) in [4.78, 5) is 10.7. The molecule has 0 aliphatic heterocycles. The number of methoxy groups -OCH3 is 1. The van der Waals surface area contributed by atoms with E-state index in [4.69, 9.17) is 9.84 Å². The SMILES string of the molecule is COC12CCC(C/C=C(\C)C(=O)O)(CC1)C2. The number of carbonyl (C=O) groups is 1. The van der Waals surface area contributed by atoms with E-state index in [1.54, 1.807) is 14.0 Å². The van der Waals surface area contributed by atoms with Crippen molar-refractivity contribution in [1.29, 1.82) is 0 Å². The molecule has 3 heteroatoms. The summed E-state index contributed by atoms with van der Waals surface area (Å²) in [5.74, 6) is -0.801. The van der Waals surface area contributed by atoms with E-state index in [1.165, 1.54) is 12.8 Å². The molecule has 0 aromatic heterocycles. The molecule has 2 aliphatic rings. The molecule has 0 amide bonds. The maximum absolute atomic E-state index is 10.7. The molecule has 2 aliphatic carbocycles. The van der Waals surface area contributed by atoms with Crippen LogP contribution in [0.1, 0.15) is 45.4 Å². The molecule has 2 rings (SSSR count). The van der Waals surface area contributed by atoms with Gasteiger partial charge in [0.25, 0.3) is 0 Å². The summed E-state index contributed by atoms with van der Waals surface area (Å²) < 4.78 is 5.63. The molecule has 0 unspecified atom stereocenters. The minimum Gasteiger partial charge on any atom is -0.478 e. The number of ether oxygens (including phenoxy) is 1. The van der Waals surface area contributed by atoms with Crippen LogP contribution in [-0.2, 0) is 9.53 Å². The van der Waals surface area contributed by atoms with Crippen LogP contribution in [-0.4, -0.2) is 23.8 Å². The Bertz CT molecular complexity index is 322. The second-order valence-electron chi connectivity index (χ2n) is 5.46. The third kappa shape index (κ3) is 1.88. The van der Waals surface area contributed by atoms with Crippen molar-refractivity contribution in [3.8, 4) is 0 Å². The molecular formula is C13H20O3. The highest BCUT2D eigenvalue weighted by molar-refractivity contribution is 5.85. The van der Waals surface area contributed by atoms with Gasteiger partial charge in [0, 0.05) is 12.7 Å². The maximum atomic E-state index is 10.7. The summed E-state index contributed by atoms with van der Waals surface area (Å²) in [6.45, 7) is 1.67. The fourth-order valence-corrected chi connectivity index (χ4v) is 3.28. The van der Waals surface area contributed by atoms with Crippen LogP contribution in [0.2, 0.25) is 0 Å². The fraction of sp³-hybridized carbons (Fsp3) is 0.769. The molecule has 0 spiro atoms. The Hall–Kier alpha value is -0.830. The standard InChI is InChI=1S/C13H20O3/c1-10(11(14)15)3-4-12-5-7-13(9-12,16-2)8-6-12/h3H,4-9H2,1-2H3,(H,14,15)/b10-3+. The van der Waals surface area contributed by atoms with E-state index in [-0.39, 0.29) is 5.60 Å². The number of carboxylic acids is 1. The molecule has 3 nitrogen and oxygen atoms in total. The normalized spacial score (nSPS) is 38.0. The van der Waals surface area contributed by atoms with Gasteiger partial charge in [0.2, 0.25) is 0 Å². The molecule has 2 fully saturated rings. The zero-order chi connectivity index (χ0) is 11.8. The van der Waals surface area contributed by atoms with Crippen molar-refractivity contribution in [3.63, 3.8) is 0 Å². The van der Waals surface area contributed by atoms with Gasteiger partial charge in [0.15, 0.2) is 0 Å². The number of carboxylic acid groups (broad SMARTS) is 1. The lowest BCUT2D eigenvalue weighted by Gasteiger charge is -2.26. The Kier molecular flexibility index (Phi) is 2.82. The maximum Gasteiger partial charge on any atom is 0.330 e. The van der Waals surface area contributed by atoms with E-state index < -0.39 is 5.97 Å². The number of rotatable bonds is 4. The van der Waals surface area contributed by atoms with Gasteiger partial charge in [-0.05, 0) is 50.9 Å². The molecule has 2 bridgehead atoms. The molecule has 16 heavy (non-hydrogen) atoms. The van der Waals surface area contributed by atoms with E-state index in [0.29, 0.717) is 11.0 Å². The van der Waals surface area contributed by atoms with Crippen LogP contribution in [0.25, 0.3) is 0 Å². The smallest absolute Gasteiger partial charge is 0.330 e. The molecule has 0 radical (unpaired) electrons. The van der Waals surface area contributed by atoms with Crippen molar-refractivity contribution in [3.05, 3.63) is 11.6 Å². The highest BCUT2D eigenvalue weighted by Crippen LogP contribution is 2.59. The lowest BCUT2D eigenvalue weighted by Crippen LogP contribution is -2.24. The largest absolute Gasteiger partial charge is 0.478 e. The fourth-order valence-electron chi connectivity index (χ4n) is 3.28. The third-order valence-electron chi connectivity index (χ3n) is 4.53. The molecular weight excluding hydrogens is 204 g/mol. The Morgan fingerprint density at radius 3 is 2.44 bits per heavy atom. The lowest BCUT2D eigenvalue weighted by atomic mass is 9.81. The van der Waals surface area contributed by atoms with Crippen LogP contribution in [0.4, 0.5) is 0 Å². The Morgan fingerprint density at radius 1 is 1.38 bits per heavy atom. The van der Waals surface area contributed by atoms with E-state index in [9.17, 15) is 4.79 Å². The first-order valence-corrected chi connectivity index (χ1v) is 5.96. The number of aliphatic carboxylic acids is 1. The highest BCUT2D eigenvalue weighted by Gasteiger charge is 2.53. The predicted octanol–water partition coefficient (Wildman–Crippen LogP) is 2.76. The highest BCUT2D eigenvalue weighted by atomic mass is 16.5. The topological polar surface area (TPSA) is 46.5 Å². The second kappa shape index (κ2) is 3.88. The summed E-state index contributed by atoms with van der Waals surface area (Å²) in [6.07, 6.45) is 8.55. The molecule has 2 saturated carbocycles. The quantitative estimate of drug-likeness (QED) is 0.747. The summed E-state index contributed by atoms with van der Waals surface area (Å²) >= 11 is 0. The summed E-state index contributed by atoms with van der Waals surface area (Å²) in [6, 6.07) is 0. The van der Waals surface area contributed by atoms with Gasteiger partial charge in [-0.3, -0.25) is 0 Å². The Balaban J connectivity index is 2.02. The van der Waals surface area contributed by atoms with Gasteiger partial charge in [-0.2, -0.15) is 0 Å². The van der Waals surface area contributed by atoms with E-state index in [0.717, 1.165) is 25.7 Å². The molecule has 0 heterocycles. The summed E-state index contributed by atoms with van der Waals surface area (Å²) in [5, 5.41) is 8.83. The average Bonchev–Trinajstić information content (AvgIpc) is 2.82. The Labute approximate surface area is 96.5 Å². The van der Waals surface area contributed by atoms with Gasteiger partial charge in [-0.1, -0.05) is 6.08 Å². The van der Waals surface area contributed by atoms with Crippen LogP contribution in [0, 0.1) is 5.41 Å². The molecule has 1 N–H and O–H groups in total. The monoisotopic (exact) mass is 224 g/mol. The number of hydrogen-bond acceptors (Lipinski definition) is 2.